The highest BCUT2D eigenvalue weighted by Gasteiger charge is 2.40. The van der Waals surface area contributed by atoms with Gasteiger partial charge in [-0.1, -0.05) is 29.8 Å². The Hall–Kier alpha value is -1.86. The summed E-state index contributed by atoms with van der Waals surface area (Å²) < 4.78 is 28.1. The van der Waals surface area contributed by atoms with E-state index in [-0.39, 0.29) is 34.8 Å². The molecular formula is C21H26ClN3O3S. The van der Waals surface area contributed by atoms with E-state index in [4.69, 9.17) is 11.6 Å². The van der Waals surface area contributed by atoms with Gasteiger partial charge in [-0.05, 0) is 51.2 Å². The summed E-state index contributed by atoms with van der Waals surface area (Å²) in [5.74, 6) is 0.141. The molecule has 0 atom stereocenters. The van der Waals surface area contributed by atoms with Crippen LogP contribution >= 0.6 is 11.6 Å². The number of rotatable bonds is 8. The van der Waals surface area contributed by atoms with Gasteiger partial charge in [0, 0.05) is 23.0 Å². The lowest BCUT2D eigenvalue weighted by atomic mass is 10.2. The summed E-state index contributed by atoms with van der Waals surface area (Å²) in [6.45, 7) is 4.28. The second-order valence-corrected chi connectivity index (χ2v) is 10.6. The molecule has 2 saturated carbocycles. The van der Waals surface area contributed by atoms with Gasteiger partial charge in [-0.15, -0.1) is 0 Å². The fourth-order valence-corrected chi connectivity index (χ4v) is 5.59. The Morgan fingerprint density at radius 2 is 1.93 bits per heavy atom. The van der Waals surface area contributed by atoms with Gasteiger partial charge < -0.3 is 9.47 Å². The first-order valence-corrected chi connectivity index (χ1v) is 12.1. The number of nitrogens with zero attached hydrogens (tertiary/aromatic N) is 3. The molecule has 4 rings (SSSR count). The lowest BCUT2D eigenvalue weighted by molar-refractivity contribution is -0.133. The van der Waals surface area contributed by atoms with Crippen LogP contribution in [0.3, 0.4) is 0 Å². The van der Waals surface area contributed by atoms with Crippen LogP contribution < -0.4 is 0 Å². The Bertz CT molecular complexity index is 1020. The molecule has 0 radical (unpaired) electrons. The van der Waals surface area contributed by atoms with E-state index < -0.39 is 9.84 Å². The number of imidazole rings is 1. The average Bonchev–Trinajstić information content (AvgIpc) is 3.58. The van der Waals surface area contributed by atoms with Crippen molar-refractivity contribution in [2.45, 2.75) is 69.1 Å². The summed E-state index contributed by atoms with van der Waals surface area (Å²) >= 11 is 6.17. The maximum Gasteiger partial charge on any atom is 0.228 e. The van der Waals surface area contributed by atoms with E-state index in [1.807, 2.05) is 18.7 Å². The minimum Gasteiger partial charge on any atom is -0.334 e. The first-order valence-electron chi connectivity index (χ1n) is 10.1. The summed E-state index contributed by atoms with van der Waals surface area (Å²) in [7, 11) is -3.69. The predicted molar refractivity (Wildman–Crippen MR) is 111 cm³/mol. The number of hydrogen-bond acceptors (Lipinski definition) is 4. The predicted octanol–water partition coefficient (Wildman–Crippen LogP) is 3.99. The summed E-state index contributed by atoms with van der Waals surface area (Å²) in [6, 6.07) is 7.13. The summed E-state index contributed by atoms with van der Waals surface area (Å²) in [6.07, 6.45) is 5.57. The van der Waals surface area contributed by atoms with Crippen LogP contribution in [0, 0.1) is 5.92 Å². The maximum absolute atomic E-state index is 13.2. The first kappa shape index (κ1) is 20.4. The van der Waals surface area contributed by atoms with E-state index in [2.05, 4.69) is 4.98 Å². The number of halogens is 1. The van der Waals surface area contributed by atoms with Crippen LogP contribution in [-0.2, 0) is 26.9 Å². The van der Waals surface area contributed by atoms with E-state index in [0.717, 1.165) is 31.4 Å². The molecule has 0 N–H and O–H groups in total. The van der Waals surface area contributed by atoms with Gasteiger partial charge in [0.15, 0.2) is 0 Å². The van der Waals surface area contributed by atoms with Gasteiger partial charge >= 0.3 is 0 Å². The Balaban J connectivity index is 1.64. The monoisotopic (exact) mass is 435 g/mol. The molecule has 8 heteroatoms. The Morgan fingerprint density at radius 1 is 1.24 bits per heavy atom. The van der Waals surface area contributed by atoms with Crippen molar-refractivity contribution in [2.75, 3.05) is 0 Å². The number of hydrogen-bond donors (Lipinski definition) is 0. The number of aromatic nitrogens is 2. The van der Waals surface area contributed by atoms with E-state index in [0.29, 0.717) is 17.1 Å². The van der Waals surface area contributed by atoms with E-state index in [9.17, 15) is 13.2 Å². The van der Waals surface area contributed by atoms with Crippen LogP contribution in [0.5, 0.6) is 0 Å². The summed E-state index contributed by atoms with van der Waals surface area (Å²) in [5.41, 5.74) is 1.32. The minimum atomic E-state index is -3.69. The molecule has 0 spiro atoms. The van der Waals surface area contributed by atoms with Crippen molar-refractivity contribution in [3.05, 3.63) is 46.7 Å². The molecule has 0 bridgehead atoms. The summed E-state index contributed by atoms with van der Waals surface area (Å²) in [5, 5.41) is 0.464. The van der Waals surface area contributed by atoms with Crippen molar-refractivity contribution in [2.24, 2.45) is 5.92 Å². The largest absolute Gasteiger partial charge is 0.334 e. The van der Waals surface area contributed by atoms with Crippen molar-refractivity contribution in [3.63, 3.8) is 0 Å². The van der Waals surface area contributed by atoms with Crippen molar-refractivity contribution in [1.29, 1.82) is 0 Å². The van der Waals surface area contributed by atoms with Gasteiger partial charge in [0.1, 0.15) is 0 Å². The highest BCUT2D eigenvalue weighted by Crippen LogP contribution is 2.37. The quantitative estimate of drug-likeness (QED) is 0.628. The molecule has 2 aliphatic carbocycles. The van der Waals surface area contributed by atoms with Crippen LogP contribution in [0.25, 0.3) is 0 Å². The SMILES string of the molecule is CC(C)n1c(CN(C(=O)C2CC2)C2CC2)cnc1S(=O)(=O)Cc1ccccc1Cl. The molecule has 0 saturated heterocycles. The summed E-state index contributed by atoms with van der Waals surface area (Å²) in [4.78, 5) is 18.9. The molecule has 1 aromatic carbocycles. The molecule has 1 heterocycles. The van der Waals surface area contributed by atoms with Gasteiger partial charge in [0.2, 0.25) is 20.9 Å². The van der Waals surface area contributed by atoms with Crippen LogP contribution in [0.4, 0.5) is 0 Å². The molecule has 2 fully saturated rings. The normalized spacial score (nSPS) is 17.0. The van der Waals surface area contributed by atoms with Crippen molar-refractivity contribution in [3.8, 4) is 0 Å². The fourth-order valence-electron chi connectivity index (χ4n) is 3.67. The van der Waals surface area contributed by atoms with Gasteiger partial charge in [0.25, 0.3) is 0 Å². The molecule has 29 heavy (non-hydrogen) atoms. The lowest BCUT2D eigenvalue weighted by Gasteiger charge is -2.24. The van der Waals surface area contributed by atoms with Gasteiger partial charge in [-0.2, -0.15) is 0 Å². The molecule has 1 amide bonds. The van der Waals surface area contributed by atoms with Gasteiger partial charge in [0.05, 0.1) is 24.2 Å². The second-order valence-electron chi connectivity index (χ2n) is 8.32. The number of amides is 1. The molecule has 1 aromatic heterocycles. The zero-order valence-corrected chi connectivity index (χ0v) is 18.3. The molecular weight excluding hydrogens is 410 g/mol. The third-order valence-corrected chi connectivity index (χ3v) is 7.39. The highest BCUT2D eigenvalue weighted by molar-refractivity contribution is 7.90. The van der Waals surface area contributed by atoms with Crippen LogP contribution in [-0.4, -0.2) is 34.8 Å². The molecule has 0 unspecified atom stereocenters. The second kappa shape index (κ2) is 7.76. The standard InChI is InChI=1S/C21H26ClN3O3S/c1-14(2)25-18(12-24(17-9-10-17)20(26)15-7-8-15)11-23-21(25)29(27,28)13-16-5-3-4-6-19(16)22/h3-6,11,14-15,17H,7-10,12-13H2,1-2H3. The number of carbonyl (C=O) groups excluding carboxylic acids is 1. The highest BCUT2D eigenvalue weighted by atomic mass is 35.5. The van der Waals surface area contributed by atoms with Crippen LogP contribution in [0.2, 0.25) is 5.02 Å². The maximum atomic E-state index is 13.2. The van der Waals surface area contributed by atoms with Crippen LogP contribution in [0.15, 0.2) is 35.6 Å². The minimum absolute atomic E-state index is 0.0389. The third kappa shape index (κ3) is 4.36. The number of benzene rings is 1. The Kier molecular flexibility index (Phi) is 5.46. The lowest BCUT2D eigenvalue weighted by Crippen LogP contribution is -2.34. The smallest absolute Gasteiger partial charge is 0.228 e. The van der Waals surface area contributed by atoms with E-state index in [1.165, 1.54) is 0 Å². The van der Waals surface area contributed by atoms with Crippen LogP contribution in [0.1, 0.15) is 56.8 Å². The first-order chi connectivity index (χ1) is 13.8. The molecule has 2 aromatic rings. The zero-order valence-electron chi connectivity index (χ0n) is 16.7. The Labute approximate surface area is 176 Å². The van der Waals surface area contributed by atoms with E-state index >= 15 is 0 Å². The average molecular weight is 436 g/mol. The fraction of sp³-hybridized carbons (Fsp3) is 0.524. The van der Waals surface area contributed by atoms with Crippen molar-refractivity contribution < 1.29 is 13.2 Å². The molecule has 6 nitrogen and oxygen atoms in total. The van der Waals surface area contributed by atoms with Crippen molar-refractivity contribution >= 4 is 27.3 Å². The van der Waals surface area contributed by atoms with Gasteiger partial charge in [-0.25, -0.2) is 13.4 Å². The van der Waals surface area contributed by atoms with E-state index in [1.54, 1.807) is 35.0 Å². The number of carbonyl (C=O) groups is 1. The van der Waals surface area contributed by atoms with Gasteiger partial charge in [-0.3, -0.25) is 4.79 Å². The topological polar surface area (TPSA) is 72.3 Å². The molecule has 0 aliphatic heterocycles. The zero-order chi connectivity index (χ0) is 20.8. The van der Waals surface area contributed by atoms with Crippen molar-refractivity contribution in [1.82, 2.24) is 14.5 Å². The third-order valence-electron chi connectivity index (χ3n) is 5.47. The Morgan fingerprint density at radius 3 is 2.52 bits per heavy atom. The molecule has 156 valence electrons. The molecule has 2 aliphatic rings. The number of sulfone groups is 1.